The van der Waals surface area contributed by atoms with E-state index in [1.54, 1.807) is 12.3 Å². The standard InChI is InChI=1S/C15H22N4O2/c1-10(2)15(21)19-7-4-11(5-8-19)18-12-3-6-17-13(9-12)14(16)20/h3,6,9-11H,4-5,7-8H2,1-2H3,(H2,16,20)(H,17,18). The van der Waals surface area contributed by atoms with Gasteiger partial charge in [-0.3, -0.25) is 14.6 Å². The topological polar surface area (TPSA) is 88.3 Å². The number of primary amides is 1. The molecule has 6 nitrogen and oxygen atoms in total. The van der Waals surface area contributed by atoms with Gasteiger partial charge in [0.1, 0.15) is 5.69 Å². The van der Waals surface area contributed by atoms with Crippen LogP contribution in [-0.4, -0.2) is 40.8 Å². The number of likely N-dealkylation sites (tertiary alicyclic amines) is 1. The molecule has 0 bridgehead atoms. The minimum atomic E-state index is -0.531. The molecule has 3 N–H and O–H groups in total. The van der Waals surface area contributed by atoms with E-state index in [0.29, 0.717) is 6.04 Å². The number of carbonyl (C=O) groups is 2. The fourth-order valence-corrected chi connectivity index (χ4v) is 2.50. The molecule has 0 aliphatic carbocycles. The Morgan fingerprint density at radius 3 is 2.62 bits per heavy atom. The molecule has 114 valence electrons. The lowest BCUT2D eigenvalue weighted by molar-refractivity contribution is -0.135. The molecule has 1 aromatic heterocycles. The van der Waals surface area contributed by atoms with E-state index in [9.17, 15) is 9.59 Å². The SMILES string of the molecule is CC(C)C(=O)N1CCC(Nc2ccnc(C(N)=O)c2)CC1. The van der Waals surface area contributed by atoms with Crippen LogP contribution in [0.1, 0.15) is 37.2 Å². The van der Waals surface area contributed by atoms with Gasteiger partial charge in [-0.15, -0.1) is 0 Å². The summed E-state index contributed by atoms with van der Waals surface area (Å²) >= 11 is 0. The number of rotatable bonds is 4. The van der Waals surface area contributed by atoms with Crippen molar-refractivity contribution in [2.24, 2.45) is 11.7 Å². The Labute approximate surface area is 124 Å². The summed E-state index contributed by atoms with van der Waals surface area (Å²) in [5.74, 6) is -0.266. The molecule has 1 fully saturated rings. The van der Waals surface area contributed by atoms with Gasteiger partial charge in [-0.2, -0.15) is 0 Å². The van der Waals surface area contributed by atoms with E-state index in [-0.39, 0.29) is 17.5 Å². The number of anilines is 1. The Bertz CT molecular complexity index is 522. The number of nitrogens with two attached hydrogens (primary N) is 1. The summed E-state index contributed by atoms with van der Waals surface area (Å²) < 4.78 is 0. The highest BCUT2D eigenvalue weighted by atomic mass is 16.2. The van der Waals surface area contributed by atoms with Crippen molar-refractivity contribution in [3.05, 3.63) is 24.0 Å². The Hall–Kier alpha value is -2.11. The van der Waals surface area contributed by atoms with Crippen LogP contribution in [-0.2, 0) is 4.79 Å². The quantitative estimate of drug-likeness (QED) is 0.873. The number of pyridine rings is 1. The van der Waals surface area contributed by atoms with Gasteiger partial charge in [-0.1, -0.05) is 13.8 Å². The van der Waals surface area contributed by atoms with E-state index in [1.807, 2.05) is 24.8 Å². The van der Waals surface area contributed by atoms with Crippen molar-refractivity contribution in [1.82, 2.24) is 9.88 Å². The van der Waals surface area contributed by atoms with Crippen LogP contribution in [0.4, 0.5) is 5.69 Å². The maximum atomic E-state index is 11.9. The Morgan fingerprint density at radius 2 is 2.05 bits per heavy atom. The number of carbonyl (C=O) groups excluding carboxylic acids is 2. The zero-order chi connectivity index (χ0) is 15.4. The van der Waals surface area contributed by atoms with Crippen molar-refractivity contribution < 1.29 is 9.59 Å². The second-order valence-corrected chi connectivity index (χ2v) is 5.69. The number of amides is 2. The van der Waals surface area contributed by atoms with Gasteiger partial charge < -0.3 is 16.0 Å². The highest BCUT2D eigenvalue weighted by molar-refractivity contribution is 5.91. The second-order valence-electron chi connectivity index (χ2n) is 5.69. The Kier molecular flexibility index (Phi) is 4.77. The molecule has 1 aliphatic rings. The van der Waals surface area contributed by atoms with Gasteiger partial charge in [-0.05, 0) is 25.0 Å². The summed E-state index contributed by atoms with van der Waals surface area (Å²) in [4.78, 5) is 28.9. The lowest BCUT2D eigenvalue weighted by Gasteiger charge is -2.33. The van der Waals surface area contributed by atoms with Gasteiger partial charge in [0.05, 0.1) is 0 Å². The number of piperidine rings is 1. The lowest BCUT2D eigenvalue weighted by Crippen LogP contribution is -2.44. The number of hydrogen-bond acceptors (Lipinski definition) is 4. The largest absolute Gasteiger partial charge is 0.382 e. The first-order chi connectivity index (χ1) is 9.97. The molecule has 6 heteroatoms. The molecule has 0 saturated carbocycles. The number of aromatic nitrogens is 1. The first-order valence-electron chi connectivity index (χ1n) is 7.28. The number of nitrogens with one attached hydrogen (secondary N) is 1. The normalized spacial score (nSPS) is 16.0. The van der Waals surface area contributed by atoms with Crippen molar-refractivity contribution in [1.29, 1.82) is 0 Å². The molecule has 0 unspecified atom stereocenters. The van der Waals surface area contributed by atoms with Crippen LogP contribution in [0.3, 0.4) is 0 Å². The maximum absolute atomic E-state index is 11.9. The van der Waals surface area contributed by atoms with Crippen LogP contribution >= 0.6 is 0 Å². The predicted octanol–water partition coefficient (Wildman–Crippen LogP) is 1.24. The summed E-state index contributed by atoms with van der Waals surface area (Å²) in [6, 6.07) is 3.77. The molecule has 2 heterocycles. The molecule has 21 heavy (non-hydrogen) atoms. The molecule has 1 aromatic rings. The van der Waals surface area contributed by atoms with E-state index >= 15 is 0 Å². The summed E-state index contributed by atoms with van der Waals surface area (Å²) in [5.41, 5.74) is 6.32. The minimum Gasteiger partial charge on any atom is -0.382 e. The van der Waals surface area contributed by atoms with Crippen molar-refractivity contribution >= 4 is 17.5 Å². The highest BCUT2D eigenvalue weighted by Gasteiger charge is 2.24. The summed E-state index contributed by atoms with van der Waals surface area (Å²) in [6.45, 7) is 5.38. The van der Waals surface area contributed by atoms with Crippen LogP contribution in [0.5, 0.6) is 0 Å². The van der Waals surface area contributed by atoms with Gasteiger partial charge in [-0.25, -0.2) is 0 Å². The van der Waals surface area contributed by atoms with E-state index in [0.717, 1.165) is 31.6 Å². The molecule has 2 amide bonds. The molecule has 0 spiro atoms. The number of nitrogens with zero attached hydrogens (tertiary/aromatic N) is 2. The van der Waals surface area contributed by atoms with Gasteiger partial charge in [0, 0.05) is 36.9 Å². The first-order valence-corrected chi connectivity index (χ1v) is 7.28. The second kappa shape index (κ2) is 6.56. The molecular weight excluding hydrogens is 268 g/mol. The van der Waals surface area contributed by atoms with Crippen LogP contribution < -0.4 is 11.1 Å². The zero-order valence-electron chi connectivity index (χ0n) is 12.5. The van der Waals surface area contributed by atoms with E-state index in [4.69, 9.17) is 5.73 Å². The molecular formula is C15H22N4O2. The fraction of sp³-hybridized carbons (Fsp3) is 0.533. The highest BCUT2D eigenvalue weighted by Crippen LogP contribution is 2.18. The zero-order valence-corrected chi connectivity index (χ0v) is 12.5. The third kappa shape index (κ3) is 3.93. The maximum Gasteiger partial charge on any atom is 0.267 e. The Morgan fingerprint density at radius 1 is 1.38 bits per heavy atom. The average molecular weight is 290 g/mol. The van der Waals surface area contributed by atoms with Crippen molar-refractivity contribution in [2.45, 2.75) is 32.7 Å². The van der Waals surface area contributed by atoms with Gasteiger partial charge in [0.2, 0.25) is 5.91 Å². The van der Waals surface area contributed by atoms with Crippen LogP contribution in [0.25, 0.3) is 0 Å². The Balaban J connectivity index is 1.90. The van der Waals surface area contributed by atoms with Crippen LogP contribution in [0, 0.1) is 5.92 Å². The van der Waals surface area contributed by atoms with Crippen molar-refractivity contribution in [3.8, 4) is 0 Å². The van der Waals surface area contributed by atoms with Gasteiger partial charge in [0.25, 0.3) is 5.91 Å². The monoisotopic (exact) mass is 290 g/mol. The summed E-state index contributed by atoms with van der Waals surface area (Å²) in [6.07, 6.45) is 3.36. The smallest absolute Gasteiger partial charge is 0.267 e. The molecule has 2 rings (SSSR count). The molecule has 1 saturated heterocycles. The predicted molar refractivity (Wildman–Crippen MR) is 80.8 cm³/mol. The van der Waals surface area contributed by atoms with Crippen LogP contribution in [0.2, 0.25) is 0 Å². The molecule has 0 atom stereocenters. The van der Waals surface area contributed by atoms with E-state index in [2.05, 4.69) is 10.3 Å². The number of hydrogen-bond donors (Lipinski definition) is 2. The van der Waals surface area contributed by atoms with Crippen LogP contribution in [0.15, 0.2) is 18.3 Å². The molecule has 0 radical (unpaired) electrons. The summed E-state index contributed by atoms with van der Waals surface area (Å²) in [7, 11) is 0. The summed E-state index contributed by atoms with van der Waals surface area (Å²) in [5, 5.41) is 3.38. The average Bonchev–Trinajstić information content (AvgIpc) is 2.47. The third-order valence-corrected chi connectivity index (χ3v) is 3.68. The minimum absolute atomic E-state index is 0.0489. The molecule has 0 aromatic carbocycles. The van der Waals surface area contributed by atoms with Crippen molar-refractivity contribution in [2.75, 3.05) is 18.4 Å². The first kappa shape index (κ1) is 15.3. The van der Waals surface area contributed by atoms with Crippen molar-refractivity contribution in [3.63, 3.8) is 0 Å². The van der Waals surface area contributed by atoms with Gasteiger partial charge >= 0.3 is 0 Å². The van der Waals surface area contributed by atoms with E-state index in [1.165, 1.54) is 0 Å². The van der Waals surface area contributed by atoms with E-state index < -0.39 is 5.91 Å². The third-order valence-electron chi connectivity index (χ3n) is 3.68. The fourth-order valence-electron chi connectivity index (χ4n) is 2.50. The van der Waals surface area contributed by atoms with Gasteiger partial charge in [0.15, 0.2) is 0 Å². The molecule has 1 aliphatic heterocycles. The lowest BCUT2D eigenvalue weighted by atomic mass is 10.0.